The molecule has 2 rings (SSSR count). The molecule has 0 aliphatic carbocycles. The first-order valence-corrected chi connectivity index (χ1v) is 7.41. The Morgan fingerprint density at radius 3 is 2.67 bits per heavy atom. The molecule has 0 saturated heterocycles. The summed E-state index contributed by atoms with van der Waals surface area (Å²) in [5.74, 6) is 0.923. The molecule has 116 valence electrons. The minimum atomic E-state index is -0.219. The van der Waals surface area contributed by atoms with Crippen molar-refractivity contribution in [1.29, 1.82) is 10.8 Å². The Hall–Kier alpha value is -1.60. The lowest BCUT2D eigenvalue weighted by molar-refractivity contribution is 0.586. The Kier molecular flexibility index (Phi) is 6.17. The van der Waals surface area contributed by atoms with Crippen molar-refractivity contribution < 1.29 is 0 Å². The molecule has 1 aromatic carbocycles. The van der Waals surface area contributed by atoms with Gasteiger partial charge in [-0.25, -0.2) is 0 Å². The Labute approximate surface area is 135 Å². The zero-order valence-electron chi connectivity index (χ0n) is 12.0. The normalized spacial score (nSPS) is 16.2. The van der Waals surface area contributed by atoms with Gasteiger partial charge >= 0.3 is 0 Å². The minimum absolute atomic E-state index is 0. The van der Waals surface area contributed by atoms with Gasteiger partial charge in [-0.15, -0.1) is 24.2 Å². The van der Waals surface area contributed by atoms with Gasteiger partial charge in [0, 0.05) is 10.6 Å². The van der Waals surface area contributed by atoms with Gasteiger partial charge in [0.15, 0.2) is 0 Å². The van der Waals surface area contributed by atoms with Crippen molar-refractivity contribution in [3.8, 4) is 0 Å². The summed E-state index contributed by atoms with van der Waals surface area (Å²) in [5.41, 5.74) is 13.9. The van der Waals surface area contributed by atoms with E-state index in [1.165, 1.54) is 21.6 Å². The first-order valence-electron chi connectivity index (χ1n) is 6.42. The SMILES string of the molecule is Cc1cc(C)c2c(c1)SCCC2NC(=N)NNC(=N)N.Cl. The molecule has 0 fully saturated rings. The average Bonchev–Trinajstić information content (AvgIpc) is 2.35. The van der Waals surface area contributed by atoms with Crippen LogP contribution in [0.3, 0.4) is 0 Å². The number of thioether (sulfide) groups is 1. The summed E-state index contributed by atoms with van der Waals surface area (Å²) in [6, 6.07) is 4.48. The number of guanidine groups is 2. The Morgan fingerprint density at radius 2 is 2.00 bits per heavy atom. The van der Waals surface area contributed by atoms with Crippen LogP contribution in [0.5, 0.6) is 0 Å². The molecule has 6 nitrogen and oxygen atoms in total. The summed E-state index contributed by atoms with van der Waals surface area (Å²) in [7, 11) is 0. The number of hydrazine groups is 1. The van der Waals surface area contributed by atoms with Gasteiger partial charge in [-0.05, 0) is 43.0 Å². The van der Waals surface area contributed by atoms with Crippen LogP contribution in [-0.2, 0) is 0 Å². The smallest absolute Gasteiger partial charge is 0.208 e. The van der Waals surface area contributed by atoms with E-state index >= 15 is 0 Å². The van der Waals surface area contributed by atoms with Crippen molar-refractivity contribution in [1.82, 2.24) is 16.2 Å². The molecule has 0 bridgehead atoms. The lowest BCUT2D eigenvalue weighted by Gasteiger charge is -2.29. The molecule has 21 heavy (non-hydrogen) atoms. The number of hydrogen-bond donors (Lipinski definition) is 6. The summed E-state index contributed by atoms with van der Waals surface area (Å²) in [4.78, 5) is 1.29. The van der Waals surface area contributed by atoms with E-state index in [4.69, 9.17) is 16.6 Å². The van der Waals surface area contributed by atoms with Gasteiger partial charge in [0.05, 0.1) is 6.04 Å². The van der Waals surface area contributed by atoms with Gasteiger partial charge in [0.2, 0.25) is 11.9 Å². The van der Waals surface area contributed by atoms with Crippen LogP contribution in [0.2, 0.25) is 0 Å². The fourth-order valence-corrected chi connectivity index (χ4v) is 3.72. The molecular weight excluding hydrogens is 308 g/mol. The average molecular weight is 329 g/mol. The number of aryl methyl sites for hydroxylation is 2. The van der Waals surface area contributed by atoms with Gasteiger partial charge in [-0.1, -0.05) is 6.07 Å². The number of rotatable bonds is 1. The first kappa shape index (κ1) is 17.5. The van der Waals surface area contributed by atoms with E-state index in [0.717, 1.165) is 12.2 Å². The standard InChI is InChI=1S/C13H20N6S.ClH/c1-7-5-8(2)11-9(3-4-20-10(11)6-7)17-13(16)19-18-12(14)15;/h5-6,9H,3-4H2,1-2H3,(H4,14,15,18)(H3,16,17,19);1H. The van der Waals surface area contributed by atoms with Gasteiger partial charge in [0.25, 0.3) is 0 Å². The molecule has 0 radical (unpaired) electrons. The van der Waals surface area contributed by atoms with Gasteiger partial charge in [-0.2, -0.15) is 0 Å². The molecule has 0 saturated carbocycles. The highest BCUT2D eigenvalue weighted by atomic mass is 35.5. The molecule has 0 aromatic heterocycles. The third kappa shape index (κ3) is 4.44. The number of nitrogens with one attached hydrogen (secondary N) is 5. The maximum atomic E-state index is 7.83. The highest BCUT2D eigenvalue weighted by molar-refractivity contribution is 7.99. The van der Waals surface area contributed by atoms with Crippen molar-refractivity contribution in [2.24, 2.45) is 5.73 Å². The molecule has 7 N–H and O–H groups in total. The van der Waals surface area contributed by atoms with Crippen LogP contribution >= 0.6 is 24.2 Å². The van der Waals surface area contributed by atoms with E-state index in [1.54, 1.807) is 0 Å². The molecule has 1 aliphatic heterocycles. The Morgan fingerprint density at radius 1 is 1.29 bits per heavy atom. The van der Waals surface area contributed by atoms with Crippen LogP contribution in [0, 0.1) is 24.7 Å². The van der Waals surface area contributed by atoms with Crippen LogP contribution in [0.1, 0.15) is 29.2 Å². The minimum Gasteiger partial charge on any atom is -0.369 e. The summed E-state index contributed by atoms with van der Waals surface area (Å²) in [5, 5.41) is 18.0. The van der Waals surface area contributed by atoms with Crippen molar-refractivity contribution in [3.63, 3.8) is 0 Å². The molecule has 1 aromatic rings. The summed E-state index contributed by atoms with van der Waals surface area (Å²) < 4.78 is 0. The highest BCUT2D eigenvalue weighted by Crippen LogP contribution is 2.38. The molecule has 0 spiro atoms. The number of halogens is 1. The predicted molar refractivity (Wildman–Crippen MR) is 90.3 cm³/mol. The maximum absolute atomic E-state index is 7.83. The van der Waals surface area contributed by atoms with E-state index in [1.807, 2.05) is 11.8 Å². The molecule has 1 aliphatic rings. The first-order chi connectivity index (χ1) is 9.47. The molecule has 0 amide bonds. The zero-order chi connectivity index (χ0) is 14.7. The van der Waals surface area contributed by atoms with Crippen molar-refractivity contribution in [2.45, 2.75) is 31.2 Å². The Balaban J connectivity index is 0.00000220. The van der Waals surface area contributed by atoms with Crippen molar-refractivity contribution in [2.75, 3.05) is 5.75 Å². The molecule has 1 atom stereocenters. The quantitative estimate of drug-likeness (QED) is 0.267. The number of benzene rings is 1. The molecule has 1 heterocycles. The Bertz CT molecular complexity index is 548. The predicted octanol–water partition coefficient (Wildman–Crippen LogP) is 1.77. The zero-order valence-corrected chi connectivity index (χ0v) is 13.7. The summed E-state index contributed by atoms with van der Waals surface area (Å²) in [6.45, 7) is 4.21. The number of hydrogen-bond acceptors (Lipinski definition) is 3. The third-order valence-electron chi connectivity index (χ3n) is 3.15. The number of fused-ring (bicyclic) bond motifs is 1. The highest BCUT2D eigenvalue weighted by Gasteiger charge is 2.23. The monoisotopic (exact) mass is 328 g/mol. The van der Waals surface area contributed by atoms with Gasteiger partial charge < -0.3 is 11.1 Å². The van der Waals surface area contributed by atoms with E-state index in [-0.39, 0.29) is 30.4 Å². The van der Waals surface area contributed by atoms with Crippen molar-refractivity contribution >= 4 is 36.1 Å². The van der Waals surface area contributed by atoms with Crippen LogP contribution in [0.4, 0.5) is 0 Å². The van der Waals surface area contributed by atoms with E-state index in [2.05, 4.69) is 42.1 Å². The lowest BCUT2D eigenvalue weighted by Crippen LogP contribution is -2.50. The van der Waals surface area contributed by atoms with Crippen LogP contribution < -0.4 is 21.9 Å². The van der Waals surface area contributed by atoms with Gasteiger partial charge in [0.1, 0.15) is 0 Å². The maximum Gasteiger partial charge on any atom is 0.208 e. The molecule has 1 unspecified atom stereocenters. The van der Waals surface area contributed by atoms with Crippen molar-refractivity contribution in [3.05, 3.63) is 28.8 Å². The summed E-state index contributed by atoms with van der Waals surface area (Å²) >= 11 is 1.87. The van der Waals surface area contributed by atoms with Crippen LogP contribution in [0.25, 0.3) is 0 Å². The van der Waals surface area contributed by atoms with E-state index in [9.17, 15) is 0 Å². The third-order valence-corrected chi connectivity index (χ3v) is 4.24. The second-order valence-electron chi connectivity index (χ2n) is 4.87. The van der Waals surface area contributed by atoms with Gasteiger partial charge in [-0.3, -0.25) is 21.7 Å². The number of nitrogens with two attached hydrogens (primary N) is 1. The van der Waals surface area contributed by atoms with Crippen LogP contribution in [0.15, 0.2) is 17.0 Å². The fourth-order valence-electron chi connectivity index (χ4n) is 2.42. The second-order valence-corrected chi connectivity index (χ2v) is 6.00. The largest absolute Gasteiger partial charge is 0.369 e. The van der Waals surface area contributed by atoms with E-state index in [0.29, 0.717) is 0 Å². The summed E-state index contributed by atoms with van der Waals surface area (Å²) in [6.07, 6.45) is 0.964. The fraction of sp³-hybridized carbons (Fsp3) is 0.385. The lowest BCUT2D eigenvalue weighted by atomic mass is 9.97. The molecular formula is C13H21ClN6S. The topological polar surface area (TPSA) is 110 Å². The van der Waals surface area contributed by atoms with E-state index < -0.39 is 0 Å². The second kappa shape index (κ2) is 7.42. The van der Waals surface area contributed by atoms with Crippen LogP contribution in [-0.4, -0.2) is 17.7 Å². The molecule has 8 heteroatoms.